The molecule has 1 aliphatic heterocycles. The van der Waals surface area contributed by atoms with E-state index in [9.17, 15) is 15.2 Å². The van der Waals surface area contributed by atoms with Crippen LogP contribution in [0.5, 0.6) is 5.75 Å². The molecule has 1 saturated heterocycles. The zero-order chi connectivity index (χ0) is 17.8. The maximum atomic E-state index is 10.6. The second-order valence-corrected chi connectivity index (χ2v) is 5.59. The van der Waals surface area contributed by atoms with Crippen molar-refractivity contribution in [1.82, 2.24) is 9.88 Å². The highest BCUT2D eigenvalue weighted by Crippen LogP contribution is 2.20. The number of pyridine rings is 1. The van der Waals surface area contributed by atoms with E-state index >= 15 is 0 Å². The van der Waals surface area contributed by atoms with Crippen molar-refractivity contribution in [2.45, 2.75) is 0 Å². The Kier molecular flexibility index (Phi) is 4.64. The third kappa shape index (κ3) is 3.94. The van der Waals surface area contributed by atoms with Gasteiger partial charge in [0.25, 0.3) is 5.69 Å². The van der Waals surface area contributed by atoms with Gasteiger partial charge in [-0.25, -0.2) is 4.98 Å². The van der Waals surface area contributed by atoms with Crippen molar-refractivity contribution in [3.8, 4) is 5.75 Å². The predicted molar refractivity (Wildman–Crippen MR) is 94.1 cm³/mol. The van der Waals surface area contributed by atoms with Gasteiger partial charge in [0.05, 0.1) is 4.92 Å². The molecule has 25 heavy (non-hydrogen) atoms. The average molecular weight is 342 g/mol. The lowest BCUT2D eigenvalue weighted by Gasteiger charge is -2.36. The Bertz CT molecular complexity index is 767. The summed E-state index contributed by atoms with van der Waals surface area (Å²) in [5.41, 5.74) is 7.00. The number of phenols is 1. The lowest BCUT2D eigenvalue weighted by Crippen LogP contribution is -2.51. The standard InChI is InChI=1S/C16H18N6O3/c17-16(19-15-6-3-13(11-18-15)22(24)25)21-9-7-20(8-10-21)12-1-4-14(23)5-2-12/h1-6,11,23H,7-10H2,(H2,17,18,19). The fraction of sp³-hybridized carbons (Fsp3) is 0.250. The molecule has 9 nitrogen and oxygen atoms in total. The Labute approximate surface area is 144 Å². The van der Waals surface area contributed by atoms with Gasteiger partial charge in [-0.3, -0.25) is 10.1 Å². The van der Waals surface area contributed by atoms with Gasteiger partial charge in [-0.15, -0.1) is 0 Å². The zero-order valence-corrected chi connectivity index (χ0v) is 13.4. The summed E-state index contributed by atoms with van der Waals surface area (Å²) in [6, 6.07) is 9.90. The number of guanidine groups is 1. The average Bonchev–Trinajstić information content (AvgIpc) is 2.63. The van der Waals surface area contributed by atoms with Gasteiger partial charge >= 0.3 is 0 Å². The number of nitrogens with two attached hydrogens (primary N) is 1. The normalized spacial score (nSPS) is 15.3. The predicted octanol–water partition coefficient (Wildman–Crippen LogP) is 1.46. The lowest BCUT2D eigenvalue weighted by molar-refractivity contribution is -0.385. The third-order valence-electron chi connectivity index (χ3n) is 3.99. The molecular weight excluding hydrogens is 324 g/mol. The molecule has 0 saturated carbocycles. The van der Waals surface area contributed by atoms with E-state index in [1.165, 1.54) is 12.1 Å². The Hall–Kier alpha value is -3.36. The summed E-state index contributed by atoms with van der Waals surface area (Å²) in [4.78, 5) is 22.4. The molecule has 0 radical (unpaired) electrons. The molecule has 0 atom stereocenters. The van der Waals surface area contributed by atoms with Gasteiger partial charge in [-0.2, -0.15) is 4.99 Å². The van der Waals surface area contributed by atoms with Gasteiger partial charge in [-0.1, -0.05) is 0 Å². The van der Waals surface area contributed by atoms with E-state index in [0.29, 0.717) is 24.9 Å². The monoisotopic (exact) mass is 342 g/mol. The Morgan fingerprint density at radius 2 is 1.84 bits per heavy atom. The zero-order valence-electron chi connectivity index (χ0n) is 13.4. The van der Waals surface area contributed by atoms with E-state index in [-0.39, 0.29) is 11.4 Å². The van der Waals surface area contributed by atoms with E-state index in [4.69, 9.17) is 5.73 Å². The number of aromatic nitrogens is 1. The minimum atomic E-state index is -0.508. The summed E-state index contributed by atoms with van der Waals surface area (Å²) in [6.07, 6.45) is 1.16. The van der Waals surface area contributed by atoms with Crippen molar-refractivity contribution in [1.29, 1.82) is 0 Å². The maximum Gasteiger partial charge on any atom is 0.287 e. The van der Waals surface area contributed by atoms with Crippen LogP contribution in [0.15, 0.2) is 47.6 Å². The first kappa shape index (κ1) is 16.5. The van der Waals surface area contributed by atoms with Crippen molar-refractivity contribution in [3.63, 3.8) is 0 Å². The molecule has 3 rings (SSSR count). The number of nitro groups is 1. The lowest BCUT2D eigenvalue weighted by atomic mass is 10.2. The number of anilines is 1. The van der Waals surface area contributed by atoms with Gasteiger partial charge in [0.1, 0.15) is 11.9 Å². The number of nitrogens with zero attached hydrogens (tertiary/aromatic N) is 5. The quantitative estimate of drug-likeness (QED) is 0.375. The van der Waals surface area contributed by atoms with Gasteiger partial charge in [0.2, 0.25) is 0 Å². The number of rotatable bonds is 3. The minimum Gasteiger partial charge on any atom is -0.508 e. The van der Waals surface area contributed by atoms with E-state index in [1.807, 2.05) is 17.0 Å². The Morgan fingerprint density at radius 1 is 1.16 bits per heavy atom. The topological polar surface area (TPSA) is 121 Å². The molecule has 0 amide bonds. The first-order chi connectivity index (χ1) is 12.0. The number of aromatic hydroxyl groups is 1. The Balaban J connectivity index is 1.61. The molecule has 0 unspecified atom stereocenters. The van der Waals surface area contributed by atoms with Crippen LogP contribution in [0.2, 0.25) is 0 Å². The van der Waals surface area contributed by atoms with Gasteiger partial charge in [-0.05, 0) is 30.3 Å². The van der Waals surface area contributed by atoms with Crippen LogP contribution in [0.4, 0.5) is 17.2 Å². The molecular formula is C16H18N6O3. The number of aliphatic imine (C=N–C) groups is 1. The molecule has 9 heteroatoms. The summed E-state index contributed by atoms with van der Waals surface area (Å²) in [6.45, 7) is 2.94. The van der Waals surface area contributed by atoms with Crippen molar-refractivity contribution in [2.24, 2.45) is 10.7 Å². The van der Waals surface area contributed by atoms with E-state index in [1.54, 1.807) is 12.1 Å². The summed E-state index contributed by atoms with van der Waals surface area (Å²) in [5, 5.41) is 20.0. The first-order valence-corrected chi connectivity index (χ1v) is 7.76. The molecule has 0 spiro atoms. The summed E-state index contributed by atoms with van der Waals surface area (Å²) < 4.78 is 0. The molecule has 0 bridgehead atoms. The second-order valence-electron chi connectivity index (χ2n) is 5.59. The largest absolute Gasteiger partial charge is 0.508 e. The fourth-order valence-corrected chi connectivity index (χ4v) is 2.60. The molecule has 2 heterocycles. The number of piperazine rings is 1. The number of phenolic OH excluding ortho intramolecular Hbond substituents is 1. The van der Waals surface area contributed by atoms with Gasteiger partial charge in [0.15, 0.2) is 11.8 Å². The molecule has 2 aromatic rings. The second kappa shape index (κ2) is 7.04. The summed E-state index contributed by atoms with van der Waals surface area (Å²) in [7, 11) is 0. The van der Waals surface area contributed by atoms with Crippen molar-refractivity contribution in [3.05, 3.63) is 52.7 Å². The maximum absolute atomic E-state index is 10.6. The number of benzene rings is 1. The fourth-order valence-electron chi connectivity index (χ4n) is 2.60. The minimum absolute atomic E-state index is 0.0833. The summed E-state index contributed by atoms with van der Waals surface area (Å²) >= 11 is 0. The highest BCUT2D eigenvalue weighted by atomic mass is 16.6. The summed E-state index contributed by atoms with van der Waals surface area (Å²) in [5.74, 6) is 0.921. The first-order valence-electron chi connectivity index (χ1n) is 7.76. The molecule has 1 fully saturated rings. The van der Waals surface area contributed by atoms with Crippen LogP contribution in [-0.2, 0) is 0 Å². The molecule has 1 aromatic heterocycles. The number of hydrogen-bond donors (Lipinski definition) is 2. The molecule has 130 valence electrons. The van der Waals surface area contributed by atoms with Crippen molar-refractivity contribution in [2.75, 3.05) is 31.1 Å². The van der Waals surface area contributed by atoms with Crippen molar-refractivity contribution >= 4 is 23.2 Å². The van der Waals surface area contributed by atoms with Crippen molar-refractivity contribution < 1.29 is 10.0 Å². The van der Waals surface area contributed by atoms with Crippen LogP contribution in [0.1, 0.15) is 0 Å². The van der Waals surface area contributed by atoms with E-state index < -0.39 is 4.92 Å². The van der Waals surface area contributed by atoms with Crippen LogP contribution in [-0.4, -0.2) is 52.1 Å². The smallest absolute Gasteiger partial charge is 0.287 e. The van der Waals surface area contributed by atoms with Crippen LogP contribution in [0.3, 0.4) is 0 Å². The van der Waals surface area contributed by atoms with Gasteiger partial charge < -0.3 is 20.6 Å². The molecule has 1 aliphatic rings. The Morgan fingerprint density at radius 3 is 2.40 bits per heavy atom. The molecule has 1 aromatic carbocycles. The third-order valence-corrected chi connectivity index (χ3v) is 3.99. The number of hydrogen-bond acceptors (Lipinski definition) is 6. The molecule has 3 N–H and O–H groups in total. The highest BCUT2D eigenvalue weighted by Gasteiger charge is 2.19. The van der Waals surface area contributed by atoms with Crippen LogP contribution in [0.25, 0.3) is 0 Å². The SMILES string of the molecule is NC(=Nc1ccc([N+](=O)[O-])cn1)N1CCN(c2ccc(O)cc2)CC1. The van der Waals surface area contributed by atoms with Crippen LogP contribution >= 0.6 is 0 Å². The highest BCUT2D eigenvalue weighted by molar-refractivity contribution is 5.80. The van der Waals surface area contributed by atoms with Crippen LogP contribution < -0.4 is 10.6 Å². The van der Waals surface area contributed by atoms with E-state index in [2.05, 4.69) is 14.9 Å². The van der Waals surface area contributed by atoms with Gasteiger partial charge in [0, 0.05) is 37.9 Å². The van der Waals surface area contributed by atoms with E-state index in [0.717, 1.165) is 25.0 Å². The van der Waals surface area contributed by atoms with Crippen LogP contribution in [0, 0.1) is 10.1 Å². The molecule has 0 aliphatic carbocycles.